The van der Waals surface area contributed by atoms with Crippen molar-refractivity contribution in [3.05, 3.63) is 135 Å². The smallest absolute Gasteiger partial charge is 0.161 e. The molecule has 0 saturated carbocycles. The summed E-state index contributed by atoms with van der Waals surface area (Å²) in [5.74, 6) is -1.43. The van der Waals surface area contributed by atoms with Crippen LogP contribution < -0.4 is 10.1 Å². The van der Waals surface area contributed by atoms with E-state index < -0.39 is 23.9 Å². The monoisotopic (exact) mass is 743 g/mol. The fourth-order valence-corrected chi connectivity index (χ4v) is 8.42. The third-order valence-electron chi connectivity index (χ3n) is 11.2. The first-order valence-electron chi connectivity index (χ1n) is 19.1. The van der Waals surface area contributed by atoms with E-state index in [9.17, 15) is 30.0 Å². The van der Waals surface area contributed by atoms with Gasteiger partial charge >= 0.3 is 0 Å². The zero-order valence-electron chi connectivity index (χ0n) is 31.1. The number of benzene rings is 3. The number of fused-ring (bicyclic) bond motifs is 7. The predicted octanol–water partition coefficient (Wildman–Crippen LogP) is 6.62. The summed E-state index contributed by atoms with van der Waals surface area (Å²) in [4.78, 5) is 35.8. The van der Waals surface area contributed by atoms with Crippen LogP contribution in [0.15, 0.2) is 90.8 Å². The lowest BCUT2D eigenvalue weighted by Gasteiger charge is -2.35. The largest absolute Gasteiger partial charge is 0.508 e. The van der Waals surface area contributed by atoms with Crippen LogP contribution in [0.5, 0.6) is 17.2 Å². The number of nitrogens with one attached hydrogen (secondary N) is 3. The second-order valence-corrected chi connectivity index (χ2v) is 14.9. The van der Waals surface area contributed by atoms with Gasteiger partial charge < -0.3 is 40.4 Å². The van der Waals surface area contributed by atoms with E-state index in [1.807, 2.05) is 54.9 Å². The lowest BCUT2D eigenvalue weighted by atomic mass is 9.68. The molecule has 0 spiro atoms. The average Bonchev–Trinajstić information content (AvgIpc) is 3.84. The number of anilines is 1. The second-order valence-electron chi connectivity index (χ2n) is 14.9. The predicted molar refractivity (Wildman–Crippen MR) is 212 cm³/mol. The summed E-state index contributed by atoms with van der Waals surface area (Å²) < 4.78 is 5.54. The maximum Gasteiger partial charge on any atom is 0.161 e. The molecular weight excluding hydrogens is 695 g/mol. The highest BCUT2D eigenvalue weighted by Gasteiger charge is 2.42. The van der Waals surface area contributed by atoms with E-state index in [1.54, 1.807) is 24.3 Å². The van der Waals surface area contributed by atoms with Crippen molar-refractivity contribution in [1.29, 1.82) is 0 Å². The van der Waals surface area contributed by atoms with Crippen LogP contribution >= 0.6 is 0 Å². The van der Waals surface area contributed by atoms with Crippen molar-refractivity contribution < 1.29 is 34.8 Å². The summed E-state index contributed by atoms with van der Waals surface area (Å²) in [6.45, 7) is -0.0243. The molecule has 3 heterocycles. The van der Waals surface area contributed by atoms with Crippen LogP contribution in [0.2, 0.25) is 0 Å². The van der Waals surface area contributed by atoms with Crippen molar-refractivity contribution in [3.8, 4) is 17.2 Å². The number of hydrogen-bond acceptors (Lipinski definition) is 8. The summed E-state index contributed by atoms with van der Waals surface area (Å²) in [5, 5.41) is 46.4. The van der Waals surface area contributed by atoms with Crippen LogP contribution in [0.25, 0.3) is 6.08 Å². The van der Waals surface area contributed by atoms with E-state index in [0.29, 0.717) is 50.0 Å². The number of hydrogen-bond donors (Lipinski definition) is 7. The normalized spacial score (nSPS) is 19.4. The van der Waals surface area contributed by atoms with E-state index in [4.69, 9.17) is 4.74 Å². The quantitative estimate of drug-likeness (QED) is 0.0871. The number of carbonyl (C=O) groups is 2. The fourth-order valence-electron chi connectivity index (χ4n) is 8.42. The minimum Gasteiger partial charge on any atom is -0.508 e. The number of ketones is 2. The van der Waals surface area contributed by atoms with Gasteiger partial charge in [-0.3, -0.25) is 9.59 Å². The van der Waals surface area contributed by atoms with Gasteiger partial charge in [-0.2, -0.15) is 0 Å². The van der Waals surface area contributed by atoms with E-state index in [-0.39, 0.29) is 48.9 Å². The van der Waals surface area contributed by atoms with Gasteiger partial charge in [-0.05, 0) is 107 Å². The first-order valence-corrected chi connectivity index (χ1v) is 19.1. The van der Waals surface area contributed by atoms with Crippen molar-refractivity contribution in [2.45, 2.75) is 63.4 Å². The minimum absolute atomic E-state index is 0.0117. The number of aromatic hydroxyl groups is 2. The van der Waals surface area contributed by atoms with Crippen molar-refractivity contribution >= 4 is 23.5 Å². The Bertz CT molecular complexity index is 2180. The Morgan fingerprint density at radius 2 is 1.65 bits per heavy atom. The highest BCUT2D eigenvalue weighted by molar-refractivity contribution is 6.05. The van der Waals surface area contributed by atoms with Gasteiger partial charge in [-0.1, -0.05) is 42.5 Å². The van der Waals surface area contributed by atoms with E-state index >= 15 is 0 Å². The molecule has 4 atom stereocenters. The maximum atomic E-state index is 15.0. The molecule has 1 aliphatic heterocycles. The fraction of sp³-hybridized carbons (Fsp3) is 0.333. The molecule has 0 fully saturated rings. The standard InChI is InChI=1S/C45H49N3O7/c1-55-41-23-30-9-11-40(52)37(14-17-49)44(54)42-33(24-39-36(13-16-46-39)38(42)25-35(51)10-8-27-4-3-7-34(50)22-27)26-48-45-31(12-15-47-45)19-28-5-2-6-29(18-28)20-32(21-30)43(41)53/h2-7,12-13,15-16,18,21-24,35,37-38,42,46-51,53H,8-11,14,17,19-20,25-26H2,1H3/t35-,37+,38+,42-/m1/s1. The number of aromatic nitrogens is 2. The molecule has 0 unspecified atom stereocenters. The molecule has 4 bridgehead atoms. The number of carbonyl (C=O) groups excluding carboxylic acids is 2. The molecule has 0 amide bonds. The number of rotatable bonds is 8. The van der Waals surface area contributed by atoms with Crippen molar-refractivity contribution in [2.24, 2.45) is 11.8 Å². The molecule has 0 radical (unpaired) electrons. The summed E-state index contributed by atoms with van der Waals surface area (Å²) in [7, 11) is 1.50. The van der Waals surface area contributed by atoms with Crippen LogP contribution in [0.1, 0.15) is 76.2 Å². The molecule has 5 aromatic rings. The summed E-state index contributed by atoms with van der Waals surface area (Å²) in [6, 6.07) is 22.8. The number of aryl methyl sites for hydroxylation is 2. The van der Waals surface area contributed by atoms with E-state index in [2.05, 4.69) is 27.4 Å². The van der Waals surface area contributed by atoms with Gasteiger partial charge in [0.05, 0.1) is 19.1 Å². The highest BCUT2D eigenvalue weighted by atomic mass is 16.5. The maximum absolute atomic E-state index is 15.0. The van der Waals surface area contributed by atoms with E-state index in [1.165, 1.54) is 7.11 Å². The zero-order valence-corrected chi connectivity index (χ0v) is 31.1. The number of Topliss-reactive ketones (excluding diaryl/α,β-unsaturated/α-hetero) is 2. The molecule has 7 N–H and O–H groups in total. The number of phenolic OH excluding ortho intramolecular Hbond substituents is 2. The van der Waals surface area contributed by atoms with Crippen LogP contribution in [-0.2, 0) is 35.3 Å². The summed E-state index contributed by atoms with van der Waals surface area (Å²) >= 11 is 0. The highest BCUT2D eigenvalue weighted by Crippen LogP contribution is 2.44. The summed E-state index contributed by atoms with van der Waals surface area (Å²) in [6.07, 6.45) is 7.62. The molecule has 10 nitrogen and oxygen atoms in total. The molecule has 1 aliphatic carbocycles. The van der Waals surface area contributed by atoms with Crippen molar-refractivity contribution in [3.63, 3.8) is 0 Å². The number of aliphatic hydroxyl groups excluding tert-OH is 2. The lowest BCUT2D eigenvalue weighted by Crippen LogP contribution is -2.38. The molecule has 0 saturated heterocycles. The molecule has 2 aliphatic rings. The molecule has 10 heteroatoms. The Balaban J connectivity index is 1.26. The number of phenols is 2. The zero-order chi connectivity index (χ0) is 38.5. The third kappa shape index (κ3) is 8.56. The second kappa shape index (κ2) is 16.8. The number of ether oxygens (including phenoxy) is 1. The SMILES string of the molecule is COc1cc2cc(c1O)Cc1cccc(c1)Cc1cc[nH]c1NCC1=Cc3[nH]ccc3[C@H](C[C@H](O)CCc3cccc(O)c3)[C@@H]1C(=O)[C@@H](CCO)C(=O)CC2. The Hall–Kier alpha value is -5.58. The average molecular weight is 744 g/mol. The molecule has 7 rings (SSSR count). The Kier molecular flexibility index (Phi) is 11.5. The molecule has 3 aromatic carbocycles. The van der Waals surface area contributed by atoms with Crippen LogP contribution in [0, 0.1) is 11.8 Å². The van der Waals surface area contributed by atoms with Crippen molar-refractivity contribution in [1.82, 2.24) is 9.97 Å². The minimum atomic E-state index is -1.06. The first kappa shape index (κ1) is 37.7. The van der Waals surface area contributed by atoms with Crippen LogP contribution in [0.3, 0.4) is 0 Å². The number of methoxy groups -OCH3 is 1. The van der Waals surface area contributed by atoms with Gasteiger partial charge in [-0.25, -0.2) is 0 Å². The van der Waals surface area contributed by atoms with Crippen LogP contribution in [0.4, 0.5) is 5.82 Å². The lowest BCUT2D eigenvalue weighted by molar-refractivity contribution is -0.135. The Morgan fingerprint density at radius 3 is 2.44 bits per heavy atom. The molecule has 286 valence electrons. The van der Waals surface area contributed by atoms with Gasteiger partial charge in [0.2, 0.25) is 0 Å². The number of aliphatic hydroxyl groups is 2. The third-order valence-corrected chi connectivity index (χ3v) is 11.2. The van der Waals surface area contributed by atoms with Crippen LogP contribution in [-0.4, -0.2) is 68.3 Å². The van der Waals surface area contributed by atoms with Gasteiger partial charge in [0.1, 0.15) is 17.4 Å². The topological polar surface area (TPSA) is 168 Å². The Labute approximate surface area is 320 Å². The van der Waals surface area contributed by atoms with Gasteiger partial charge in [0.15, 0.2) is 17.3 Å². The molecule has 55 heavy (non-hydrogen) atoms. The van der Waals surface area contributed by atoms with Gasteiger partial charge in [0.25, 0.3) is 0 Å². The first-order chi connectivity index (χ1) is 26.7. The molecular formula is C45H49N3O7. The van der Waals surface area contributed by atoms with Gasteiger partial charge in [-0.15, -0.1) is 0 Å². The van der Waals surface area contributed by atoms with E-state index in [0.717, 1.165) is 50.5 Å². The van der Waals surface area contributed by atoms with Crippen molar-refractivity contribution in [2.75, 3.05) is 25.6 Å². The number of aromatic amines is 2. The summed E-state index contributed by atoms with van der Waals surface area (Å²) in [5.41, 5.74) is 8.07. The van der Waals surface area contributed by atoms with Gasteiger partial charge in [0, 0.05) is 67.9 Å². The Morgan fingerprint density at radius 1 is 0.873 bits per heavy atom. The molecule has 2 aromatic heterocycles. The number of H-pyrrole nitrogens is 2.